The first-order valence-electron chi connectivity index (χ1n) is 3.73. The average Bonchev–Trinajstić information content (AvgIpc) is 2.59. The summed E-state index contributed by atoms with van der Waals surface area (Å²) in [5.74, 6) is 0. The number of rotatable bonds is 1. The van der Waals surface area contributed by atoms with Gasteiger partial charge in [-0.15, -0.1) is 0 Å². The van der Waals surface area contributed by atoms with Gasteiger partial charge in [0.05, 0.1) is 0 Å². The van der Waals surface area contributed by atoms with Gasteiger partial charge in [-0.2, -0.15) is 10.2 Å². The van der Waals surface area contributed by atoms with Crippen LogP contribution in [-0.2, 0) is 5.54 Å². The lowest BCUT2D eigenvalue weighted by atomic mass is 9.97. The van der Waals surface area contributed by atoms with Crippen LogP contribution >= 0.6 is 0 Å². The zero-order valence-electron chi connectivity index (χ0n) is 6.98. The molecule has 0 N–H and O–H groups in total. The summed E-state index contributed by atoms with van der Waals surface area (Å²) < 4.78 is 4.84. The Balaban J connectivity index is 2.49. The van der Waals surface area contributed by atoms with Crippen LogP contribution in [-0.4, -0.2) is 5.16 Å². The molecule has 4 nitrogen and oxygen atoms in total. The molecule has 1 unspecified atom stereocenters. The van der Waals surface area contributed by atoms with Crippen LogP contribution in [0, 0.1) is 6.92 Å². The van der Waals surface area contributed by atoms with Gasteiger partial charge in [0, 0.05) is 11.8 Å². The lowest BCUT2D eigenvalue weighted by Gasteiger charge is -2.12. The van der Waals surface area contributed by atoms with Gasteiger partial charge in [0.1, 0.15) is 17.5 Å². The Bertz CT molecular complexity index is 339. The number of azo groups is 1. The number of aryl methyl sites for hydroxylation is 1. The molecule has 0 saturated carbocycles. The van der Waals surface area contributed by atoms with Crippen molar-refractivity contribution < 1.29 is 4.52 Å². The number of hydrogen-bond donors (Lipinski definition) is 0. The third-order valence-electron chi connectivity index (χ3n) is 1.96. The molecule has 1 aliphatic rings. The molecule has 2 rings (SSSR count). The maximum Gasteiger partial charge on any atom is 0.144 e. The van der Waals surface area contributed by atoms with Crippen molar-refractivity contribution in [2.45, 2.75) is 19.4 Å². The average molecular weight is 163 g/mol. The molecule has 0 fully saturated rings. The first-order chi connectivity index (χ1) is 5.72. The Kier molecular flexibility index (Phi) is 1.36. The molecule has 0 aromatic carbocycles. The fourth-order valence-electron chi connectivity index (χ4n) is 1.27. The zero-order chi connectivity index (χ0) is 8.60. The van der Waals surface area contributed by atoms with Crippen molar-refractivity contribution in [3.05, 3.63) is 29.8 Å². The normalized spacial score (nSPS) is 26.8. The van der Waals surface area contributed by atoms with E-state index in [1.165, 1.54) is 0 Å². The van der Waals surface area contributed by atoms with Crippen molar-refractivity contribution in [1.82, 2.24) is 5.16 Å². The minimum Gasteiger partial charge on any atom is -0.364 e. The highest BCUT2D eigenvalue weighted by Crippen LogP contribution is 2.31. The molecule has 1 aromatic heterocycles. The predicted octanol–water partition coefficient (Wildman–Crippen LogP) is 2.18. The molecule has 2 heterocycles. The van der Waals surface area contributed by atoms with E-state index in [-0.39, 0.29) is 0 Å². The quantitative estimate of drug-likeness (QED) is 0.637. The van der Waals surface area contributed by atoms with Gasteiger partial charge >= 0.3 is 0 Å². The third-order valence-corrected chi connectivity index (χ3v) is 1.96. The topological polar surface area (TPSA) is 50.8 Å². The highest BCUT2D eigenvalue weighted by Gasteiger charge is 2.30. The van der Waals surface area contributed by atoms with Gasteiger partial charge in [-0.1, -0.05) is 5.16 Å². The zero-order valence-corrected chi connectivity index (χ0v) is 6.98. The number of hydrogen-bond acceptors (Lipinski definition) is 4. The van der Waals surface area contributed by atoms with Crippen molar-refractivity contribution >= 4 is 0 Å². The van der Waals surface area contributed by atoms with Crippen molar-refractivity contribution in [2.24, 2.45) is 10.2 Å². The lowest BCUT2D eigenvalue weighted by Crippen LogP contribution is -2.14. The van der Waals surface area contributed by atoms with Crippen molar-refractivity contribution in [3.63, 3.8) is 0 Å². The van der Waals surface area contributed by atoms with Gasteiger partial charge in [0.25, 0.3) is 0 Å². The van der Waals surface area contributed by atoms with Crippen LogP contribution in [0.1, 0.15) is 18.2 Å². The molecule has 0 bridgehead atoms. The fraction of sp³-hybridized carbons (Fsp3) is 0.375. The predicted molar refractivity (Wildman–Crippen MR) is 42.6 cm³/mol. The van der Waals surface area contributed by atoms with E-state index in [0.29, 0.717) is 0 Å². The number of aromatic nitrogens is 1. The van der Waals surface area contributed by atoms with E-state index in [1.54, 1.807) is 12.5 Å². The van der Waals surface area contributed by atoms with Gasteiger partial charge in [-0.3, -0.25) is 0 Å². The molecule has 0 spiro atoms. The Morgan fingerprint density at radius 2 is 2.33 bits per heavy atom. The second-order valence-corrected chi connectivity index (χ2v) is 3.02. The van der Waals surface area contributed by atoms with E-state index in [2.05, 4.69) is 15.4 Å². The van der Waals surface area contributed by atoms with Crippen LogP contribution in [0.15, 0.2) is 33.3 Å². The molecule has 4 heteroatoms. The van der Waals surface area contributed by atoms with Gasteiger partial charge in [0.15, 0.2) is 0 Å². The Morgan fingerprint density at radius 3 is 2.83 bits per heavy atom. The van der Waals surface area contributed by atoms with E-state index in [9.17, 15) is 0 Å². The molecule has 0 amide bonds. The highest BCUT2D eigenvalue weighted by molar-refractivity contribution is 5.28. The summed E-state index contributed by atoms with van der Waals surface area (Å²) in [7, 11) is 0. The smallest absolute Gasteiger partial charge is 0.144 e. The van der Waals surface area contributed by atoms with Gasteiger partial charge in [0.2, 0.25) is 0 Å². The van der Waals surface area contributed by atoms with Gasteiger partial charge in [-0.05, 0) is 19.9 Å². The molecule has 1 aromatic rings. The lowest BCUT2D eigenvalue weighted by molar-refractivity contribution is 0.396. The van der Waals surface area contributed by atoms with E-state index in [4.69, 9.17) is 4.52 Å². The van der Waals surface area contributed by atoms with E-state index in [0.717, 1.165) is 11.3 Å². The summed E-state index contributed by atoms with van der Waals surface area (Å²) >= 11 is 0. The summed E-state index contributed by atoms with van der Waals surface area (Å²) in [4.78, 5) is 0. The second-order valence-electron chi connectivity index (χ2n) is 3.02. The van der Waals surface area contributed by atoms with Crippen LogP contribution in [0.5, 0.6) is 0 Å². The highest BCUT2D eigenvalue weighted by atomic mass is 16.5. The summed E-state index contributed by atoms with van der Waals surface area (Å²) in [5, 5.41) is 11.7. The molecule has 0 radical (unpaired) electrons. The largest absolute Gasteiger partial charge is 0.364 e. The van der Waals surface area contributed by atoms with Gasteiger partial charge < -0.3 is 4.52 Å². The maximum absolute atomic E-state index is 4.84. The van der Waals surface area contributed by atoms with Crippen molar-refractivity contribution in [1.29, 1.82) is 0 Å². The molecule has 0 saturated heterocycles. The molecule has 1 atom stereocenters. The molecular weight excluding hydrogens is 154 g/mol. The van der Waals surface area contributed by atoms with Crippen molar-refractivity contribution in [2.75, 3.05) is 0 Å². The monoisotopic (exact) mass is 163 g/mol. The van der Waals surface area contributed by atoms with Crippen LogP contribution in [0.3, 0.4) is 0 Å². The van der Waals surface area contributed by atoms with Crippen LogP contribution in [0.25, 0.3) is 0 Å². The van der Waals surface area contributed by atoms with Crippen molar-refractivity contribution in [3.8, 4) is 0 Å². The SMILES string of the molecule is Cc1conc1C1(C)C=CN=N1. The Hall–Kier alpha value is -1.45. The summed E-state index contributed by atoms with van der Waals surface area (Å²) in [6.07, 6.45) is 5.19. The van der Waals surface area contributed by atoms with Crippen LogP contribution in [0.2, 0.25) is 0 Å². The Morgan fingerprint density at radius 1 is 1.50 bits per heavy atom. The standard InChI is InChI=1S/C8H9N3O/c1-6-5-12-10-7(6)8(2)3-4-9-11-8/h3-5H,1-2H3. The van der Waals surface area contributed by atoms with E-state index >= 15 is 0 Å². The van der Waals surface area contributed by atoms with Gasteiger partial charge in [-0.25, -0.2) is 0 Å². The maximum atomic E-state index is 4.84. The summed E-state index contributed by atoms with van der Waals surface area (Å²) in [5.41, 5.74) is 1.42. The number of nitrogens with zero attached hydrogens (tertiary/aromatic N) is 3. The summed E-state index contributed by atoms with van der Waals surface area (Å²) in [6.45, 7) is 3.89. The molecule has 62 valence electrons. The Labute approximate surface area is 70.0 Å². The molecule has 0 aliphatic carbocycles. The first-order valence-corrected chi connectivity index (χ1v) is 3.73. The summed E-state index contributed by atoms with van der Waals surface area (Å²) in [6, 6.07) is 0. The molecule has 1 aliphatic heterocycles. The van der Waals surface area contributed by atoms with E-state index < -0.39 is 5.54 Å². The first kappa shape index (κ1) is 7.21. The van der Waals surface area contributed by atoms with Crippen LogP contribution < -0.4 is 0 Å². The second kappa shape index (κ2) is 2.27. The molecule has 12 heavy (non-hydrogen) atoms. The minimum atomic E-state index is -0.420. The third kappa shape index (κ3) is 0.879. The molecular formula is C8H9N3O. The fourth-order valence-corrected chi connectivity index (χ4v) is 1.27. The van der Waals surface area contributed by atoms with E-state index in [1.807, 2.05) is 19.9 Å². The van der Waals surface area contributed by atoms with Crippen LogP contribution in [0.4, 0.5) is 0 Å². The minimum absolute atomic E-state index is 0.420.